The van der Waals surface area contributed by atoms with Crippen LogP contribution in [-0.4, -0.2) is 17.9 Å². The van der Waals surface area contributed by atoms with Crippen molar-refractivity contribution >= 4 is 17.9 Å². The molecular formula is C6H9Na4O6+. The Kier molecular flexibility index (Phi) is 96.5. The topological polar surface area (TPSA) is 120 Å². The molecule has 0 aromatic carbocycles. The average Bonchev–Trinajstić information content (AvgIpc) is 1.54. The number of carbonyl (C=O) groups is 3. The molecule has 10 heteroatoms. The fraction of sp³-hybridized carbons (Fsp3) is 0.500. The predicted octanol–water partition coefficient (Wildman–Crippen LogP) is -15.7. The van der Waals surface area contributed by atoms with Crippen molar-refractivity contribution in [1.29, 1.82) is 0 Å². The van der Waals surface area contributed by atoms with Crippen molar-refractivity contribution in [3.63, 3.8) is 0 Å². The first-order valence-electron chi connectivity index (χ1n) is 2.72. The zero-order valence-corrected chi connectivity index (χ0v) is 18.9. The largest absolute Gasteiger partial charge is 1.00 e. The average molecular weight is 269 g/mol. The first-order valence-corrected chi connectivity index (χ1v) is 2.72. The number of aliphatic carboxylic acids is 3. The van der Waals surface area contributed by atoms with E-state index in [1.54, 1.807) is 0 Å². The molecular weight excluding hydrogens is 260 g/mol. The van der Waals surface area contributed by atoms with Crippen LogP contribution in [0.3, 0.4) is 0 Å². The van der Waals surface area contributed by atoms with Crippen LogP contribution in [0.25, 0.3) is 0 Å². The number of carbonyl (C=O) groups excluding carboxylic acids is 3. The van der Waals surface area contributed by atoms with Gasteiger partial charge in [-0.15, -0.1) is 0 Å². The molecule has 0 saturated carbocycles. The van der Waals surface area contributed by atoms with Crippen molar-refractivity contribution < 1.29 is 148 Å². The smallest absolute Gasteiger partial charge is 0.550 e. The number of hydrogen-bond donors (Lipinski definition) is 0. The molecule has 0 radical (unpaired) electrons. The van der Waals surface area contributed by atoms with Gasteiger partial charge in [-0.1, -0.05) is 0 Å². The molecule has 0 aliphatic rings. The van der Waals surface area contributed by atoms with Crippen molar-refractivity contribution in [3.05, 3.63) is 0 Å². The molecule has 72 valence electrons. The van der Waals surface area contributed by atoms with Gasteiger partial charge in [-0.2, -0.15) is 0 Å². The van der Waals surface area contributed by atoms with Gasteiger partial charge in [0.2, 0.25) is 0 Å². The van der Waals surface area contributed by atoms with Crippen LogP contribution in [0.2, 0.25) is 0 Å². The molecule has 0 spiro atoms. The van der Waals surface area contributed by atoms with Crippen LogP contribution < -0.4 is 134 Å². The molecule has 0 aromatic rings. The Hall–Kier alpha value is 2.41. The number of hydrogen-bond acceptors (Lipinski definition) is 6. The summed E-state index contributed by atoms with van der Waals surface area (Å²) in [6.45, 7) is 2.92. The quantitative estimate of drug-likeness (QED) is 0.402. The number of rotatable bonds is 0. The number of carboxylic acids is 3. The second-order valence-corrected chi connectivity index (χ2v) is 1.47. The van der Waals surface area contributed by atoms with Gasteiger partial charge in [-0.05, 0) is 20.8 Å². The van der Waals surface area contributed by atoms with Gasteiger partial charge in [0, 0.05) is 17.9 Å². The molecule has 0 unspecified atom stereocenters. The summed E-state index contributed by atoms with van der Waals surface area (Å²) in [4.78, 5) is 26.7. The van der Waals surface area contributed by atoms with E-state index in [0.29, 0.717) is 0 Å². The second kappa shape index (κ2) is 36.0. The van der Waals surface area contributed by atoms with E-state index in [1.807, 2.05) is 0 Å². The van der Waals surface area contributed by atoms with Gasteiger partial charge in [0.15, 0.2) is 0 Å². The van der Waals surface area contributed by atoms with Crippen LogP contribution in [0, 0.1) is 0 Å². The Bertz CT molecular complexity index is 123. The van der Waals surface area contributed by atoms with Gasteiger partial charge in [-0.3, -0.25) is 0 Å². The Labute approximate surface area is 183 Å². The Balaban J connectivity index is -0.0000000135. The maximum absolute atomic E-state index is 8.89. The van der Waals surface area contributed by atoms with E-state index in [9.17, 15) is 0 Å². The molecule has 0 N–H and O–H groups in total. The fourth-order valence-corrected chi connectivity index (χ4v) is 0. The normalized spacial score (nSPS) is 4.69. The van der Waals surface area contributed by atoms with E-state index in [1.165, 1.54) is 0 Å². The van der Waals surface area contributed by atoms with Gasteiger partial charge in [-0.25, -0.2) is 0 Å². The third-order valence-electron chi connectivity index (χ3n) is 0. The van der Waals surface area contributed by atoms with Gasteiger partial charge in [0.05, 0.1) is 0 Å². The molecule has 0 atom stereocenters. The Morgan fingerprint density at radius 1 is 0.562 bits per heavy atom. The summed E-state index contributed by atoms with van der Waals surface area (Å²) < 4.78 is 0. The van der Waals surface area contributed by atoms with Gasteiger partial charge < -0.3 is 29.7 Å². The van der Waals surface area contributed by atoms with Crippen LogP contribution in [0.1, 0.15) is 20.8 Å². The van der Waals surface area contributed by atoms with E-state index < -0.39 is 17.9 Å². The zero-order valence-electron chi connectivity index (χ0n) is 10.9. The Morgan fingerprint density at radius 3 is 0.562 bits per heavy atom. The fourth-order valence-electron chi connectivity index (χ4n) is 0. The summed E-state index contributed by atoms with van der Waals surface area (Å²) in [7, 11) is 0. The number of carboxylic acid groups (broad SMARTS) is 3. The molecule has 0 heterocycles. The molecule has 0 fully saturated rings. The van der Waals surface area contributed by atoms with Crippen molar-refractivity contribution in [1.82, 2.24) is 0 Å². The summed E-state index contributed by atoms with van der Waals surface area (Å²) in [5, 5.41) is 26.7. The van der Waals surface area contributed by atoms with Crippen LogP contribution in [0.4, 0.5) is 0 Å². The summed E-state index contributed by atoms with van der Waals surface area (Å²) in [5.74, 6) is -3.25. The van der Waals surface area contributed by atoms with Crippen LogP contribution in [0.15, 0.2) is 0 Å². The second-order valence-electron chi connectivity index (χ2n) is 1.47. The maximum Gasteiger partial charge on any atom is 1.00 e. The first-order chi connectivity index (χ1) is 5.20. The van der Waals surface area contributed by atoms with E-state index in [2.05, 4.69) is 0 Å². The summed E-state index contributed by atoms with van der Waals surface area (Å²) >= 11 is 0. The van der Waals surface area contributed by atoms with Crippen LogP contribution in [-0.2, 0) is 14.4 Å². The van der Waals surface area contributed by atoms with Gasteiger partial charge in [0.1, 0.15) is 0 Å². The van der Waals surface area contributed by atoms with Crippen molar-refractivity contribution in [3.8, 4) is 0 Å². The third kappa shape index (κ3) is 671. The van der Waals surface area contributed by atoms with Crippen molar-refractivity contribution in [2.75, 3.05) is 0 Å². The standard InChI is InChI=1S/3C2H4O2.4Na/c3*1-2(3)4;;;;/h3*1H3,(H,3,4);;;;/q;;;4*+1/p-3. The minimum absolute atomic E-state index is 0. The first kappa shape index (κ1) is 42.9. The van der Waals surface area contributed by atoms with E-state index in [0.717, 1.165) is 20.8 Å². The summed E-state index contributed by atoms with van der Waals surface area (Å²) in [6.07, 6.45) is 0. The molecule has 0 aliphatic carbocycles. The molecule has 16 heavy (non-hydrogen) atoms. The minimum atomic E-state index is -1.08. The summed E-state index contributed by atoms with van der Waals surface area (Å²) in [5.41, 5.74) is 0. The zero-order chi connectivity index (χ0) is 10.7. The molecule has 0 saturated heterocycles. The molecule has 0 bridgehead atoms. The van der Waals surface area contributed by atoms with E-state index in [-0.39, 0.29) is 118 Å². The molecule has 0 rings (SSSR count). The molecule has 0 aliphatic heterocycles. The van der Waals surface area contributed by atoms with E-state index >= 15 is 0 Å². The van der Waals surface area contributed by atoms with Crippen molar-refractivity contribution in [2.45, 2.75) is 20.8 Å². The molecule has 0 amide bonds. The van der Waals surface area contributed by atoms with Crippen LogP contribution in [0.5, 0.6) is 0 Å². The third-order valence-corrected chi connectivity index (χ3v) is 0. The monoisotopic (exact) mass is 269 g/mol. The predicted molar refractivity (Wildman–Crippen MR) is 32.0 cm³/mol. The van der Waals surface area contributed by atoms with Gasteiger partial charge in [0.25, 0.3) is 0 Å². The maximum atomic E-state index is 8.89. The SMILES string of the molecule is CC(=O)[O-].CC(=O)[O-].CC(=O)[O-].[Na+].[Na+].[Na+].[Na+]. The van der Waals surface area contributed by atoms with Gasteiger partial charge >= 0.3 is 118 Å². The molecule has 6 nitrogen and oxygen atoms in total. The summed E-state index contributed by atoms with van der Waals surface area (Å²) in [6, 6.07) is 0. The Morgan fingerprint density at radius 2 is 0.562 bits per heavy atom. The van der Waals surface area contributed by atoms with Crippen molar-refractivity contribution in [2.24, 2.45) is 0 Å². The minimum Gasteiger partial charge on any atom is -0.550 e. The molecule has 0 aromatic heterocycles. The van der Waals surface area contributed by atoms with Crippen LogP contribution >= 0.6 is 0 Å². The van der Waals surface area contributed by atoms with E-state index in [4.69, 9.17) is 29.7 Å².